The van der Waals surface area contributed by atoms with Crippen molar-refractivity contribution < 1.29 is 13.2 Å². The molecule has 3 aromatic rings. The second-order valence-electron chi connectivity index (χ2n) is 8.39. The Morgan fingerprint density at radius 2 is 1.66 bits per heavy atom. The zero-order valence-corrected chi connectivity index (χ0v) is 19.1. The SMILES string of the molecule is COc1ccc(-c2ccc3n(c2=O)C[C@H]2C[C@@H]3CN(S(=O)(=O)c3ccc(Cl)cc3)C2)cc1. The van der Waals surface area contributed by atoms with Crippen molar-refractivity contribution >= 4 is 21.6 Å². The number of rotatable bonds is 4. The van der Waals surface area contributed by atoms with Crippen LogP contribution in [0.1, 0.15) is 18.0 Å². The number of halogens is 1. The topological polar surface area (TPSA) is 68.6 Å². The first-order valence-corrected chi connectivity index (χ1v) is 12.3. The molecule has 1 saturated heterocycles. The smallest absolute Gasteiger partial charge is 0.258 e. The van der Waals surface area contributed by atoms with E-state index < -0.39 is 10.0 Å². The first-order valence-electron chi connectivity index (χ1n) is 10.5. The molecular formula is C24H23ClN2O4S. The van der Waals surface area contributed by atoms with Gasteiger partial charge in [0.05, 0.1) is 12.0 Å². The predicted molar refractivity (Wildman–Crippen MR) is 124 cm³/mol. The maximum Gasteiger partial charge on any atom is 0.258 e. The Labute approximate surface area is 192 Å². The number of hydrogen-bond acceptors (Lipinski definition) is 4. The molecule has 5 rings (SSSR count). The molecule has 166 valence electrons. The monoisotopic (exact) mass is 470 g/mol. The van der Waals surface area contributed by atoms with Gasteiger partial charge < -0.3 is 9.30 Å². The van der Waals surface area contributed by atoms with Crippen LogP contribution in [0.4, 0.5) is 0 Å². The van der Waals surface area contributed by atoms with Gasteiger partial charge in [-0.3, -0.25) is 4.79 Å². The van der Waals surface area contributed by atoms with Gasteiger partial charge >= 0.3 is 0 Å². The zero-order chi connectivity index (χ0) is 22.5. The fraction of sp³-hybridized carbons (Fsp3) is 0.292. The van der Waals surface area contributed by atoms with E-state index in [-0.39, 0.29) is 22.3 Å². The summed E-state index contributed by atoms with van der Waals surface area (Å²) in [5.41, 5.74) is 2.35. The summed E-state index contributed by atoms with van der Waals surface area (Å²) in [6.07, 6.45) is 0.883. The highest BCUT2D eigenvalue weighted by Gasteiger charge is 2.39. The number of ether oxygens (including phenoxy) is 1. The summed E-state index contributed by atoms with van der Waals surface area (Å²) in [4.78, 5) is 13.6. The minimum atomic E-state index is -3.62. The van der Waals surface area contributed by atoms with E-state index in [1.54, 1.807) is 35.7 Å². The molecule has 2 atom stereocenters. The number of hydrogen-bond donors (Lipinski definition) is 0. The molecule has 0 unspecified atom stereocenters. The van der Waals surface area contributed by atoms with E-state index in [0.29, 0.717) is 30.2 Å². The number of pyridine rings is 1. The van der Waals surface area contributed by atoms with Crippen molar-refractivity contribution in [2.45, 2.75) is 23.8 Å². The summed E-state index contributed by atoms with van der Waals surface area (Å²) in [7, 11) is -2.01. The molecule has 1 fully saturated rings. The van der Waals surface area contributed by atoms with Gasteiger partial charge in [-0.05, 0) is 66.4 Å². The first-order chi connectivity index (χ1) is 15.4. The molecule has 0 saturated carbocycles. The Hall–Kier alpha value is -2.61. The summed E-state index contributed by atoms with van der Waals surface area (Å²) >= 11 is 5.92. The van der Waals surface area contributed by atoms with E-state index >= 15 is 0 Å². The van der Waals surface area contributed by atoms with Crippen molar-refractivity contribution in [3.63, 3.8) is 0 Å². The van der Waals surface area contributed by atoms with Crippen molar-refractivity contribution in [1.29, 1.82) is 0 Å². The van der Waals surface area contributed by atoms with Gasteiger partial charge in [0.25, 0.3) is 5.56 Å². The summed E-state index contributed by atoms with van der Waals surface area (Å²) in [5, 5.41) is 0.500. The van der Waals surface area contributed by atoms with Crippen molar-refractivity contribution in [2.75, 3.05) is 20.2 Å². The molecule has 32 heavy (non-hydrogen) atoms. The normalized spacial score (nSPS) is 20.6. The number of sulfonamides is 1. The molecule has 0 amide bonds. The Kier molecular flexibility index (Phi) is 5.35. The van der Waals surface area contributed by atoms with Crippen LogP contribution in [-0.2, 0) is 16.6 Å². The van der Waals surface area contributed by atoms with Gasteiger partial charge in [-0.15, -0.1) is 0 Å². The maximum absolute atomic E-state index is 13.3. The lowest BCUT2D eigenvalue weighted by Gasteiger charge is -2.42. The molecule has 0 spiro atoms. The van der Waals surface area contributed by atoms with Gasteiger partial charge in [-0.1, -0.05) is 23.7 Å². The van der Waals surface area contributed by atoms with Crippen molar-refractivity contribution in [1.82, 2.24) is 8.87 Å². The van der Waals surface area contributed by atoms with Crippen LogP contribution in [0, 0.1) is 5.92 Å². The van der Waals surface area contributed by atoms with Crippen molar-refractivity contribution in [3.05, 3.63) is 81.7 Å². The summed E-state index contributed by atoms with van der Waals surface area (Å²) in [6.45, 7) is 1.28. The lowest BCUT2D eigenvalue weighted by Crippen LogP contribution is -2.49. The second kappa shape index (κ2) is 8.06. The largest absolute Gasteiger partial charge is 0.497 e. The molecular weight excluding hydrogens is 448 g/mol. The second-order valence-corrected chi connectivity index (χ2v) is 10.8. The van der Waals surface area contributed by atoms with E-state index in [1.807, 2.05) is 41.0 Å². The molecule has 2 aliphatic heterocycles. The Morgan fingerprint density at radius 1 is 0.938 bits per heavy atom. The third-order valence-corrected chi connectivity index (χ3v) is 8.52. The van der Waals surface area contributed by atoms with Crippen LogP contribution in [0.2, 0.25) is 5.02 Å². The van der Waals surface area contributed by atoms with Crippen molar-refractivity contribution in [3.8, 4) is 16.9 Å². The zero-order valence-electron chi connectivity index (χ0n) is 17.6. The number of benzene rings is 2. The van der Waals surface area contributed by atoms with Gasteiger partial charge in [0.1, 0.15) is 5.75 Å². The molecule has 6 nitrogen and oxygen atoms in total. The average Bonchev–Trinajstić information content (AvgIpc) is 2.80. The third kappa shape index (κ3) is 3.64. The van der Waals surface area contributed by atoms with Crippen LogP contribution in [-0.4, -0.2) is 37.5 Å². The fourth-order valence-electron chi connectivity index (χ4n) is 4.84. The number of methoxy groups -OCH3 is 1. The van der Waals surface area contributed by atoms with Crippen molar-refractivity contribution in [2.24, 2.45) is 5.92 Å². The Balaban J connectivity index is 1.47. The molecule has 2 aliphatic rings. The molecule has 2 bridgehead atoms. The molecule has 3 heterocycles. The number of piperidine rings is 1. The van der Waals surface area contributed by atoms with E-state index in [0.717, 1.165) is 23.4 Å². The fourth-order valence-corrected chi connectivity index (χ4v) is 6.53. The van der Waals surface area contributed by atoms with Gasteiger partial charge in [0.15, 0.2) is 0 Å². The molecule has 2 aromatic carbocycles. The van der Waals surface area contributed by atoms with Gasteiger partial charge in [-0.25, -0.2) is 8.42 Å². The van der Waals surface area contributed by atoms with Gasteiger partial charge in [0, 0.05) is 41.8 Å². The van der Waals surface area contributed by atoms with Crippen LogP contribution in [0.5, 0.6) is 5.75 Å². The van der Waals surface area contributed by atoms with E-state index in [4.69, 9.17) is 16.3 Å². The van der Waals surface area contributed by atoms with Crippen LogP contribution in [0.15, 0.2) is 70.4 Å². The van der Waals surface area contributed by atoms with Gasteiger partial charge in [-0.2, -0.15) is 4.31 Å². The minimum absolute atomic E-state index is 0.0119. The maximum atomic E-state index is 13.3. The quantitative estimate of drug-likeness (QED) is 0.578. The van der Waals surface area contributed by atoms with E-state index in [2.05, 4.69) is 0 Å². The number of aromatic nitrogens is 1. The van der Waals surface area contributed by atoms with Crippen LogP contribution >= 0.6 is 11.6 Å². The minimum Gasteiger partial charge on any atom is -0.497 e. The molecule has 1 aromatic heterocycles. The van der Waals surface area contributed by atoms with E-state index in [1.165, 1.54) is 0 Å². The summed E-state index contributed by atoms with van der Waals surface area (Å²) < 4.78 is 35.0. The lowest BCUT2D eigenvalue weighted by molar-refractivity contribution is 0.186. The van der Waals surface area contributed by atoms with Crippen LogP contribution in [0.3, 0.4) is 0 Å². The van der Waals surface area contributed by atoms with Crippen LogP contribution in [0.25, 0.3) is 11.1 Å². The predicted octanol–water partition coefficient (Wildman–Crippen LogP) is 3.99. The van der Waals surface area contributed by atoms with Crippen LogP contribution < -0.4 is 10.3 Å². The molecule has 0 radical (unpaired) electrons. The summed E-state index contributed by atoms with van der Waals surface area (Å²) in [6, 6.07) is 17.5. The number of fused-ring (bicyclic) bond motifs is 4. The summed E-state index contributed by atoms with van der Waals surface area (Å²) in [5.74, 6) is 0.817. The molecule has 0 aliphatic carbocycles. The lowest BCUT2D eigenvalue weighted by atomic mass is 9.84. The average molecular weight is 471 g/mol. The Morgan fingerprint density at radius 3 is 2.34 bits per heavy atom. The third-order valence-electron chi connectivity index (χ3n) is 6.42. The first kappa shape index (κ1) is 21.2. The Bertz CT molecular complexity index is 1320. The highest BCUT2D eigenvalue weighted by Crippen LogP contribution is 2.38. The van der Waals surface area contributed by atoms with Gasteiger partial charge in [0.2, 0.25) is 10.0 Å². The highest BCUT2D eigenvalue weighted by molar-refractivity contribution is 7.89. The number of nitrogens with zero attached hydrogens (tertiary/aromatic N) is 2. The highest BCUT2D eigenvalue weighted by atomic mass is 35.5. The standard InChI is InChI=1S/C24H23ClN2O4S/c1-31-20-6-2-17(3-7-20)22-10-11-23-18-12-16(14-27(23)24(22)28)13-26(15-18)32(29,30)21-8-4-19(25)5-9-21/h2-11,16,18H,12-15H2,1H3/t16-,18+/m0/s1. The molecule has 8 heteroatoms. The molecule has 0 N–H and O–H groups in total. The van der Waals surface area contributed by atoms with E-state index in [9.17, 15) is 13.2 Å².